The number of oxazole rings is 1. The Morgan fingerprint density at radius 1 is 1.33 bits per heavy atom. The van der Waals surface area contributed by atoms with Crippen LogP contribution < -0.4 is 0 Å². The van der Waals surface area contributed by atoms with Gasteiger partial charge in [-0.05, 0) is 32.9 Å². The molecule has 0 aliphatic carbocycles. The summed E-state index contributed by atoms with van der Waals surface area (Å²) in [5.41, 5.74) is 0.964. The summed E-state index contributed by atoms with van der Waals surface area (Å²) < 4.78 is 10.6. The quantitative estimate of drug-likeness (QED) is 0.602. The number of fused-ring (bicyclic) bond motifs is 1. The normalized spacial score (nSPS) is 12.2. The number of rotatable bonds is 2. The lowest BCUT2D eigenvalue weighted by atomic mass is 10.2. The van der Waals surface area contributed by atoms with E-state index in [1.54, 1.807) is 0 Å². The molecular weight excluding hydrogens is 230 g/mol. The number of benzene rings is 1. The van der Waals surface area contributed by atoms with Gasteiger partial charge in [-0.1, -0.05) is 12.1 Å². The number of hydrogen-bond donors (Lipinski definition) is 0. The Balaban J connectivity index is 2.11. The van der Waals surface area contributed by atoms with Gasteiger partial charge in [0.15, 0.2) is 5.58 Å². The predicted molar refractivity (Wildman–Crippen MR) is 68.9 cm³/mol. The van der Waals surface area contributed by atoms with Crippen molar-refractivity contribution in [1.82, 2.24) is 4.98 Å². The Bertz CT molecular complexity index is 557. The molecule has 0 amide bonds. The number of aromatic nitrogens is 1. The minimum Gasteiger partial charge on any atom is -0.457 e. The van der Waals surface area contributed by atoms with Gasteiger partial charge in [0.1, 0.15) is 11.1 Å². The van der Waals surface area contributed by atoms with Crippen LogP contribution >= 0.6 is 0 Å². The number of carbonyl (C=O) groups is 1. The molecule has 1 aromatic carbocycles. The molecular formula is C14H15NO3. The molecule has 0 spiro atoms. The third kappa shape index (κ3) is 3.20. The maximum Gasteiger partial charge on any atom is 0.331 e. The first-order chi connectivity index (χ1) is 8.44. The SMILES string of the molecule is CC(C)(C)OC(=O)C=Cc1nc2ccccc2o1. The number of ether oxygens (including phenoxy) is 1. The van der Waals surface area contributed by atoms with Crippen LogP contribution in [0.2, 0.25) is 0 Å². The Labute approximate surface area is 105 Å². The molecule has 2 aromatic rings. The molecule has 0 saturated carbocycles. The summed E-state index contributed by atoms with van der Waals surface area (Å²) >= 11 is 0. The van der Waals surface area contributed by atoms with Crippen molar-refractivity contribution in [2.45, 2.75) is 26.4 Å². The van der Waals surface area contributed by atoms with Gasteiger partial charge >= 0.3 is 5.97 Å². The van der Waals surface area contributed by atoms with Crippen molar-refractivity contribution < 1.29 is 13.9 Å². The molecule has 0 radical (unpaired) electrons. The summed E-state index contributed by atoms with van der Waals surface area (Å²) in [6.07, 6.45) is 2.82. The van der Waals surface area contributed by atoms with Crippen molar-refractivity contribution >= 4 is 23.1 Å². The lowest BCUT2D eigenvalue weighted by Crippen LogP contribution is -2.22. The van der Waals surface area contributed by atoms with E-state index in [-0.39, 0.29) is 0 Å². The maximum atomic E-state index is 11.5. The van der Waals surface area contributed by atoms with Crippen LogP contribution in [-0.4, -0.2) is 16.6 Å². The van der Waals surface area contributed by atoms with Crippen molar-refractivity contribution in [2.24, 2.45) is 0 Å². The molecule has 4 nitrogen and oxygen atoms in total. The lowest BCUT2D eigenvalue weighted by molar-refractivity contribution is -0.148. The van der Waals surface area contributed by atoms with Gasteiger partial charge in [-0.15, -0.1) is 0 Å². The van der Waals surface area contributed by atoms with E-state index < -0.39 is 11.6 Å². The van der Waals surface area contributed by atoms with Gasteiger partial charge < -0.3 is 9.15 Å². The Morgan fingerprint density at radius 3 is 2.72 bits per heavy atom. The Kier molecular flexibility index (Phi) is 3.19. The van der Waals surface area contributed by atoms with Crippen molar-refractivity contribution in [2.75, 3.05) is 0 Å². The van der Waals surface area contributed by atoms with Gasteiger partial charge in [-0.25, -0.2) is 9.78 Å². The third-order valence-electron chi connectivity index (χ3n) is 2.08. The van der Waals surface area contributed by atoms with E-state index in [9.17, 15) is 4.79 Å². The second-order valence-corrected chi connectivity index (χ2v) is 4.89. The molecule has 0 fully saturated rings. The van der Waals surface area contributed by atoms with Gasteiger partial charge in [-0.3, -0.25) is 0 Å². The molecule has 1 heterocycles. The Morgan fingerprint density at radius 2 is 2.06 bits per heavy atom. The number of nitrogens with zero attached hydrogens (tertiary/aromatic N) is 1. The molecule has 18 heavy (non-hydrogen) atoms. The molecule has 2 rings (SSSR count). The number of carbonyl (C=O) groups excluding carboxylic acids is 1. The van der Waals surface area contributed by atoms with E-state index in [1.807, 2.05) is 45.0 Å². The number of esters is 1. The largest absolute Gasteiger partial charge is 0.457 e. The third-order valence-corrected chi connectivity index (χ3v) is 2.08. The number of hydrogen-bond acceptors (Lipinski definition) is 4. The van der Waals surface area contributed by atoms with Crippen LogP contribution in [0.1, 0.15) is 26.7 Å². The highest BCUT2D eigenvalue weighted by Gasteiger charge is 2.14. The van der Waals surface area contributed by atoms with Crippen molar-refractivity contribution in [3.05, 3.63) is 36.2 Å². The molecule has 4 heteroatoms. The van der Waals surface area contributed by atoms with Crippen molar-refractivity contribution in [1.29, 1.82) is 0 Å². The van der Waals surface area contributed by atoms with E-state index in [1.165, 1.54) is 12.2 Å². The zero-order valence-corrected chi connectivity index (χ0v) is 10.6. The second-order valence-electron chi connectivity index (χ2n) is 4.89. The zero-order valence-electron chi connectivity index (χ0n) is 10.6. The summed E-state index contributed by atoms with van der Waals surface area (Å²) in [5.74, 6) is -0.0215. The van der Waals surface area contributed by atoms with Gasteiger partial charge in [-0.2, -0.15) is 0 Å². The Hall–Kier alpha value is -2.10. The molecule has 0 bridgehead atoms. The second kappa shape index (κ2) is 4.64. The monoisotopic (exact) mass is 245 g/mol. The molecule has 0 saturated heterocycles. The molecule has 0 unspecified atom stereocenters. The first-order valence-corrected chi connectivity index (χ1v) is 5.71. The molecule has 0 aliphatic rings. The van der Waals surface area contributed by atoms with Crippen LogP contribution in [0.25, 0.3) is 17.2 Å². The first kappa shape index (κ1) is 12.4. The molecule has 0 N–H and O–H groups in total. The number of para-hydroxylation sites is 2. The van der Waals surface area contributed by atoms with Gasteiger partial charge in [0, 0.05) is 12.2 Å². The van der Waals surface area contributed by atoms with Gasteiger partial charge in [0.25, 0.3) is 0 Å². The zero-order chi connectivity index (χ0) is 13.2. The fraction of sp³-hybridized carbons (Fsp3) is 0.286. The summed E-state index contributed by atoms with van der Waals surface area (Å²) in [5, 5.41) is 0. The lowest BCUT2D eigenvalue weighted by Gasteiger charge is -2.17. The standard InChI is InChI=1S/C14H15NO3/c1-14(2,3)18-13(16)9-8-12-15-10-6-4-5-7-11(10)17-12/h4-9H,1-3H3. The molecule has 94 valence electrons. The summed E-state index contributed by atoms with van der Waals surface area (Å²) in [6.45, 7) is 5.45. The highest BCUT2D eigenvalue weighted by Crippen LogP contribution is 2.15. The first-order valence-electron chi connectivity index (χ1n) is 5.71. The minimum atomic E-state index is -0.497. The van der Waals surface area contributed by atoms with Crippen LogP contribution in [0.15, 0.2) is 34.8 Å². The average molecular weight is 245 g/mol. The van der Waals surface area contributed by atoms with E-state index in [4.69, 9.17) is 9.15 Å². The van der Waals surface area contributed by atoms with E-state index >= 15 is 0 Å². The van der Waals surface area contributed by atoms with Crippen LogP contribution in [0.4, 0.5) is 0 Å². The predicted octanol–water partition coefficient (Wildman–Crippen LogP) is 3.18. The smallest absolute Gasteiger partial charge is 0.331 e. The van der Waals surface area contributed by atoms with E-state index in [0.29, 0.717) is 11.5 Å². The minimum absolute atomic E-state index is 0.391. The van der Waals surface area contributed by atoms with Gasteiger partial charge in [0.2, 0.25) is 5.89 Å². The van der Waals surface area contributed by atoms with Crippen molar-refractivity contribution in [3.63, 3.8) is 0 Å². The highest BCUT2D eigenvalue weighted by atomic mass is 16.6. The van der Waals surface area contributed by atoms with Crippen LogP contribution in [0.5, 0.6) is 0 Å². The van der Waals surface area contributed by atoms with Gasteiger partial charge in [0.05, 0.1) is 0 Å². The molecule has 0 aliphatic heterocycles. The fourth-order valence-corrected chi connectivity index (χ4v) is 1.44. The fourth-order valence-electron chi connectivity index (χ4n) is 1.44. The maximum absolute atomic E-state index is 11.5. The van der Waals surface area contributed by atoms with E-state index in [2.05, 4.69) is 4.98 Å². The van der Waals surface area contributed by atoms with E-state index in [0.717, 1.165) is 5.52 Å². The van der Waals surface area contributed by atoms with Crippen LogP contribution in [-0.2, 0) is 9.53 Å². The van der Waals surface area contributed by atoms with Crippen LogP contribution in [0.3, 0.4) is 0 Å². The highest BCUT2D eigenvalue weighted by molar-refractivity contribution is 5.87. The average Bonchev–Trinajstić information content (AvgIpc) is 2.66. The van der Waals surface area contributed by atoms with Crippen LogP contribution in [0, 0.1) is 0 Å². The summed E-state index contributed by atoms with van der Waals surface area (Å²) in [7, 11) is 0. The molecule has 0 atom stereocenters. The summed E-state index contributed by atoms with van der Waals surface area (Å²) in [6, 6.07) is 7.43. The topological polar surface area (TPSA) is 52.3 Å². The molecule has 1 aromatic heterocycles. The summed E-state index contributed by atoms with van der Waals surface area (Å²) in [4.78, 5) is 15.7. The van der Waals surface area contributed by atoms with Crippen molar-refractivity contribution in [3.8, 4) is 0 Å².